The summed E-state index contributed by atoms with van der Waals surface area (Å²) >= 11 is 0. The van der Waals surface area contributed by atoms with Crippen LogP contribution in [0.4, 0.5) is 0 Å². The van der Waals surface area contributed by atoms with E-state index in [2.05, 4.69) is 10.3 Å². The van der Waals surface area contributed by atoms with E-state index < -0.39 is 0 Å². The maximum atomic E-state index is 12.2. The molecule has 0 bridgehead atoms. The molecule has 0 radical (unpaired) electrons. The quantitative estimate of drug-likeness (QED) is 0.794. The van der Waals surface area contributed by atoms with Crippen molar-refractivity contribution in [1.82, 2.24) is 14.9 Å². The highest BCUT2D eigenvalue weighted by molar-refractivity contribution is 5.35. The average Bonchev–Trinajstić information content (AvgIpc) is 2.80. The summed E-state index contributed by atoms with van der Waals surface area (Å²) in [6.07, 6.45) is 1.61. The Labute approximate surface area is 98.9 Å². The second-order valence-electron chi connectivity index (χ2n) is 4.28. The van der Waals surface area contributed by atoms with Crippen molar-refractivity contribution >= 4 is 0 Å². The Kier molecular flexibility index (Phi) is 2.30. The zero-order valence-corrected chi connectivity index (χ0v) is 9.60. The highest BCUT2D eigenvalue weighted by Gasteiger charge is 2.16. The maximum absolute atomic E-state index is 12.2. The minimum atomic E-state index is 0.0313. The van der Waals surface area contributed by atoms with Gasteiger partial charge in [-0.15, -0.1) is 0 Å². The second-order valence-corrected chi connectivity index (χ2v) is 4.28. The van der Waals surface area contributed by atoms with Gasteiger partial charge in [0.15, 0.2) is 0 Å². The molecule has 4 heteroatoms. The lowest BCUT2D eigenvalue weighted by atomic mass is 10.2. The van der Waals surface area contributed by atoms with Crippen molar-refractivity contribution in [2.24, 2.45) is 0 Å². The molecule has 0 atom stereocenters. The molecule has 0 fully saturated rings. The monoisotopic (exact) mass is 227 g/mol. The SMILES string of the molecule is Cc1ccc(-n2cnc3c(c2=O)CNC3)cc1. The summed E-state index contributed by atoms with van der Waals surface area (Å²) in [4.78, 5) is 16.5. The Morgan fingerprint density at radius 1 is 1.24 bits per heavy atom. The number of rotatable bonds is 1. The van der Waals surface area contributed by atoms with E-state index in [4.69, 9.17) is 0 Å². The number of aryl methyl sites for hydroxylation is 1. The van der Waals surface area contributed by atoms with Gasteiger partial charge < -0.3 is 5.32 Å². The molecule has 1 N–H and O–H groups in total. The smallest absolute Gasteiger partial charge is 0.262 e. The first-order chi connectivity index (χ1) is 8.25. The van der Waals surface area contributed by atoms with Gasteiger partial charge in [-0.2, -0.15) is 0 Å². The molecule has 0 unspecified atom stereocenters. The minimum Gasteiger partial charge on any atom is -0.307 e. The number of benzene rings is 1. The third-order valence-electron chi connectivity index (χ3n) is 3.06. The highest BCUT2D eigenvalue weighted by Crippen LogP contribution is 2.10. The normalized spacial score (nSPS) is 13.7. The highest BCUT2D eigenvalue weighted by atomic mass is 16.1. The van der Waals surface area contributed by atoms with Crippen LogP contribution in [0.1, 0.15) is 16.8 Å². The van der Waals surface area contributed by atoms with Crippen molar-refractivity contribution in [3.05, 3.63) is 57.8 Å². The van der Waals surface area contributed by atoms with Gasteiger partial charge >= 0.3 is 0 Å². The molecule has 86 valence electrons. The van der Waals surface area contributed by atoms with Gasteiger partial charge in [0.2, 0.25) is 0 Å². The number of nitrogens with one attached hydrogen (secondary N) is 1. The van der Waals surface area contributed by atoms with Gasteiger partial charge in [0.25, 0.3) is 5.56 Å². The van der Waals surface area contributed by atoms with E-state index in [1.165, 1.54) is 5.56 Å². The molecule has 0 saturated carbocycles. The summed E-state index contributed by atoms with van der Waals surface area (Å²) in [5.41, 5.74) is 3.73. The molecule has 0 spiro atoms. The molecule has 1 aromatic carbocycles. The third kappa shape index (κ3) is 1.66. The molecular weight excluding hydrogens is 214 g/mol. The van der Waals surface area contributed by atoms with E-state index in [9.17, 15) is 4.79 Å². The Bertz CT molecular complexity index is 614. The number of hydrogen-bond acceptors (Lipinski definition) is 3. The summed E-state index contributed by atoms with van der Waals surface area (Å²) in [6.45, 7) is 3.34. The molecule has 2 aromatic rings. The largest absolute Gasteiger partial charge is 0.307 e. The van der Waals surface area contributed by atoms with Gasteiger partial charge in [-0.1, -0.05) is 17.7 Å². The Morgan fingerprint density at radius 3 is 2.76 bits per heavy atom. The van der Waals surface area contributed by atoms with Crippen LogP contribution in [0.5, 0.6) is 0 Å². The van der Waals surface area contributed by atoms with Crippen molar-refractivity contribution < 1.29 is 0 Å². The molecule has 0 amide bonds. The Morgan fingerprint density at radius 2 is 2.00 bits per heavy atom. The lowest BCUT2D eigenvalue weighted by Gasteiger charge is -2.07. The summed E-state index contributed by atoms with van der Waals surface area (Å²) in [6, 6.07) is 7.86. The second kappa shape index (κ2) is 3.82. The molecule has 1 aliphatic heterocycles. The number of aromatic nitrogens is 2. The van der Waals surface area contributed by atoms with E-state index in [-0.39, 0.29) is 5.56 Å². The maximum Gasteiger partial charge on any atom is 0.262 e. The molecule has 0 aliphatic carbocycles. The summed E-state index contributed by atoms with van der Waals surface area (Å²) in [5.74, 6) is 0. The number of nitrogens with zero attached hydrogens (tertiary/aromatic N) is 2. The van der Waals surface area contributed by atoms with Crippen LogP contribution < -0.4 is 10.9 Å². The van der Waals surface area contributed by atoms with Gasteiger partial charge in [-0.05, 0) is 19.1 Å². The van der Waals surface area contributed by atoms with Crippen LogP contribution >= 0.6 is 0 Å². The summed E-state index contributed by atoms with van der Waals surface area (Å²) < 4.78 is 1.60. The van der Waals surface area contributed by atoms with Crippen LogP contribution in [0.3, 0.4) is 0 Å². The molecule has 17 heavy (non-hydrogen) atoms. The average molecular weight is 227 g/mol. The van der Waals surface area contributed by atoms with Crippen molar-refractivity contribution in [2.45, 2.75) is 20.0 Å². The Balaban J connectivity index is 2.16. The van der Waals surface area contributed by atoms with Crippen LogP contribution in [-0.4, -0.2) is 9.55 Å². The molecule has 4 nitrogen and oxygen atoms in total. The topological polar surface area (TPSA) is 46.9 Å². The van der Waals surface area contributed by atoms with Gasteiger partial charge in [0.1, 0.15) is 6.33 Å². The fourth-order valence-corrected chi connectivity index (χ4v) is 2.05. The van der Waals surface area contributed by atoms with Crippen LogP contribution in [-0.2, 0) is 13.1 Å². The van der Waals surface area contributed by atoms with Crippen LogP contribution in [0, 0.1) is 6.92 Å². The van der Waals surface area contributed by atoms with Gasteiger partial charge in [0.05, 0.1) is 16.9 Å². The first-order valence-corrected chi connectivity index (χ1v) is 5.63. The molecule has 1 aromatic heterocycles. The van der Waals surface area contributed by atoms with Gasteiger partial charge in [-0.25, -0.2) is 4.98 Å². The predicted octanol–water partition coefficient (Wildman–Crippen LogP) is 1.14. The van der Waals surface area contributed by atoms with E-state index in [1.54, 1.807) is 10.9 Å². The van der Waals surface area contributed by atoms with Crippen molar-refractivity contribution in [1.29, 1.82) is 0 Å². The standard InChI is InChI=1S/C13H13N3O/c1-9-2-4-10(5-3-9)16-8-15-12-7-14-6-11(12)13(16)17/h2-5,8,14H,6-7H2,1H3. The Hall–Kier alpha value is -1.94. The van der Waals surface area contributed by atoms with E-state index in [1.807, 2.05) is 31.2 Å². The number of fused-ring (bicyclic) bond motifs is 1. The predicted molar refractivity (Wildman–Crippen MR) is 65.1 cm³/mol. The lowest BCUT2D eigenvalue weighted by molar-refractivity contribution is 0.756. The summed E-state index contributed by atoms with van der Waals surface area (Å²) in [5, 5.41) is 3.14. The van der Waals surface area contributed by atoms with Crippen molar-refractivity contribution in [3.63, 3.8) is 0 Å². The lowest BCUT2D eigenvalue weighted by Crippen LogP contribution is -2.23. The van der Waals surface area contributed by atoms with Crippen molar-refractivity contribution in [2.75, 3.05) is 0 Å². The molecule has 3 rings (SSSR count). The number of hydrogen-bond donors (Lipinski definition) is 1. The molecule has 0 saturated heterocycles. The van der Waals surface area contributed by atoms with E-state index in [0.717, 1.165) is 16.9 Å². The molecular formula is C13H13N3O. The zero-order valence-electron chi connectivity index (χ0n) is 9.60. The summed E-state index contributed by atoms with van der Waals surface area (Å²) in [7, 11) is 0. The first-order valence-electron chi connectivity index (χ1n) is 5.63. The van der Waals surface area contributed by atoms with Gasteiger partial charge in [0, 0.05) is 13.1 Å². The molecule has 2 heterocycles. The zero-order chi connectivity index (χ0) is 11.8. The fraction of sp³-hybridized carbons (Fsp3) is 0.231. The minimum absolute atomic E-state index is 0.0313. The van der Waals surface area contributed by atoms with Gasteiger partial charge in [-0.3, -0.25) is 9.36 Å². The van der Waals surface area contributed by atoms with Crippen LogP contribution in [0.25, 0.3) is 5.69 Å². The van der Waals surface area contributed by atoms with E-state index in [0.29, 0.717) is 13.1 Å². The van der Waals surface area contributed by atoms with Crippen LogP contribution in [0.2, 0.25) is 0 Å². The first kappa shape index (κ1) is 10.2. The van der Waals surface area contributed by atoms with E-state index >= 15 is 0 Å². The fourth-order valence-electron chi connectivity index (χ4n) is 2.05. The van der Waals surface area contributed by atoms with Crippen LogP contribution in [0.15, 0.2) is 35.4 Å². The molecule has 1 aliphatic rings. The van der Waals surface area contributed by atoms with Crippen molar-refractivity contribution in [3.8, 4) is 5.69 Å². The third-order valence-corrected chi connectivity index (χ3v) is 3.06.